The normalized spacial score (nSPS) is 11.0. The number of carbonyl (C=O) groups is 1. The summed E-state index contributed by atoms with van der Waals surface area (Å²) in [5, 5.41) is 12.3. The zero-order valence-corrected chi connectivity index (χ0v) is 22.4. The average Bonchev–Trinajstić information content (AvgIpc) is 2.72. The first-order valence-electron chi connectivity index (χ1n) is 9.22. The summed E-state index contributed by atoms with van der Waals surface area (Å²) in [7, 11) is 0. The fourth-order valence-electron chi connectivity index (χ4n) is 2.77. The molecule has 31 heavy (non-hydrogen) atoms. The van der Waals surface area contributed by atoms with Crippen molar-refractivity contribution in [3.63, 3.8) is 0 Å². The Balaban J connectivity index is 1.76. The Hall–Kier alpha value is -1.90. The van der Waals surface area contributed by atoms with Gasteiger partial charge in [-0.3, -0.25) is 4.79 Å². The van der Waals surface area contributed by atoms with Gasteiger partial charge in [0.1, 0.15) is 24.0 Å². The molecule has 0 fully saturated rings. The first-order valence-corrected chi connectivity index (χ1v) is 12.2. The van der Waals surface area contributed by atoms with Crippen molar-refractivity contribution < 1.29 is 9.53 Å². The molecule has 156 valence electrons. The molecule has 0 atom stereocenters. The first-order chi connectivity index (χ1) is 14.9. The molecule has 1 N–H and O–H groups in total. The molecular weight excluding hydrogens is 682 g/mol. The number of aryl methyl sites for hydroxylation is 1. The van der Waals surface area contributed by atoms with Crippen molar-refractivity contribution in [3.05, 3.63) is 94.5 Å². The van der Waals surface area contributed by atoms with E-state index in [2.05, 4.69) is 66.4 Å². The second-order valence-corrected chi connectivity index (χ2v) is 9.96. The van der Waals surface area contributed by atoms with Crippen molar-refractivity contribution in [3.8, 4) is 11.8 Å². The molecule has 1 amide bonds. The van der Waals surface area contributed by atoms with Gasteiger partial charge in [0.2, 0.25) is 0 Å². The van der Waals surface area contributed by atoms with Crippen molar-refractivity contribution in [2.24, 2.45) is 0 Å². The largest absolute Gasteiger partial charge is 0.487 e. The molecule has 0 aromatic heterocycles. The zero-order valence-electron chi connectivity index (χ0n) is 16.5. The molecule has 0 bridgehead atoms. The van der Waals surface area contributed by atoms with Crippen LogP contribution in [0.4, 0.5) is 5.69 Å². The lowest BCUT2D eigenvalue weighted by atomic mass is 10.1. The molecule has 3 aromatic rings. The van der Waals surface area contributed by atoms with Crippen molar-refractivity contribution in [1.82, 2.24) is 0 Å². The van der Waals surface area contributed by atoms with E-state index in [4.69, 9.17) is 4.74 Å². The summed E-state index contributed by atoms with van der Waals surface area (Å²) >= 11 is 7.85. The van der Waals surface area contributed by atoms with Gasteiger partial charge >= 0.3 is 0 Å². The Labute approximate surface area is 217 Å². The maximum absolute atomic E-state index is 12.5. The number of nitrogens with one attached hydrogen (secondary N) is 1. The highest BCUT2D eigenvalue weighted by Gasteiger charge is 2.13. The van der Waals surface area contributed by atoms with Crippen LogP contribution in [0.25, 0.3) is 6.08 Å². The van der Waals surface area contributed by atoms with E-state index in [1.807, 2.05) is 67.6 Å². The van der Waals surface area contributed by atoms with Gasteiger partial charge in [-0.15, -0.1) is 0 Å². The van der Waals surface area contributed by atoms with Crippen LogP contribution < -0.4 is 10.1 Å². The van der Waals surface area contributed by atoms with Gasteiger partial charge in [-0.2, -0.15) is 5.26 Å². The Morgan fingerprint density at radius 2 is 1.81 bits per heavy atom. The number of hydrogen-bond acceptors (Lipinski definition) is 3. The summed E-state index contributed by atoms with van der Waals surface area (Å²) in [6, 6.07) is 21.2. The SMILES string of the molecule is Cc1cccc(NC(=O)/C(C#N)=C\c2cc(I)c(OCc3ccc(Br)cc3)c(I)c2)c1. The predicted octanol–water partition coefficient (Wildman–Crippen LogP) is 7.09. The van der Waals surface area contributed by atoms with E-state index in [0.717, 1.165) is 34.1 Å². The van der Waals surface area contributed by atoms with E-state index in [1.54, 1.807) is 12.1 Å². The quantitative estimate of drug-likeness (QED) is 0.170. The molecule has 3 rings (SSSR count). The topological polar surface area (TPSA) is 62.1 Å². The summed E-state index contributed by atoms with van der Waals surface area (Å²) in [4.78, 5) is 12.5. The summed E-state index contributed by atoms with van der Waals surface area (Å²) in [5.41, 5.74) is 3.56. The maximum atomic E-state index is 12.5. The van der Waals surface area contributed by atoms with Crippen LogP contribution in [-0.2, 0) is 11.4 Å². The highest BCUT2D eigenvalue weighted by atomic mass is 127. The van der Waals surface area contributed by atoms with E-state index in [-0.39, 0.29) is 5.57 Å². The van der Waals surface area contributed by atoms with Crippen LogP contribution in [0, 0.1) is 25.4 Å². The van der Waals surface area contributed by atoms with Gasteiger partial charge in [0.15, 0.2) is 0 Å². The Morgan fingerprint density at radius 1 is 1.13 bits per heavy atom. The van der Waals surface area contributed by atoms with E-state index in [0.29, 0.717) is 12.3 Å². The maximum Gasteiger partial charge on any atom is 0.266 e. The number of nitriles is 1. The summed E-state index contributed by atoms with van der Waals surface area (Å²) in [6.07, 6.45) is 1.59. The lowest BCUT2D eigenvalue weighted by molar-refractivity contribution is -0.112. The molecule has 0 unspecified atom stereocenters. The van der Waals surface area contributed by atoms with E-state index in [9.17, 15) is 10.1 Å². The minimum absolute atomic E-state index is 0.0386. The van der Waals surface area contributed by atoms with E-state index in [1.165, 1.54) is 0 Å². The Kier molecular flexibility index (Phi) is 8.51. The minimum Gasteiger partial charge on any atom is -0.487 e. The number of hydrogen-bond donors (Lipinski definition) is 1. The van der Waals surface area contributed by atoms with Crippen LogP contribution in [0.15, 0.2) is 70.7 Å². The molecule has 4 nitrogen and oxygen atoms in total. The van der Waals surface area contributed by atoms with Crippen LogP contribution >= 0.6 is 61.1 Å². The molecule has 0 radical (unpaired) electrons. The lowest BCUT2D eigenvalue weighted by Crippen LogP contribution is -2.13. The van der Waals surface area contributed by atoms with E-state index >= 15 is 0 Å². The number of carbonyl (C=O) groups excluding carboxylic acids is 1. The van der Waals surface area contributed by atoms with Crippen molar-refractivity contribution >= 4 is 78.8 Å². The van der Waals surface area contributed by atoms with Gasteiger partial charge in [0.05, 0.1) is 7.14 Å². The third kappa shape index (κ3) is 6.79. The number of ether oxygens (including phenoxy) is 1. The second kappa shape index (κ2) is 11.1. The highest BCUT2D eigenvalue weighted by molar-refractivity contribution is 14.1. The van der Waals surface area contributed by atoms with Gasteiger partial charge in [-0.1, -0.05) is 40.2 Å². The fourth-order valence-corrected chi connectivity index (χ4v) is 5.17. The summed E-state index contributed by atoms with van der Waals surface area (Å²) in [6.45, 7) is 2.40. The molecule has 0 aliphatic heterocycles. The Morgan fingerprint density at radius 3 is 2.42 bits per heavy atom. The third-order valence-electron chi connectivity index (χ3n) is 4.27. The molecule has 0 spiro atoms. The van der Waals surface area contributed by atoms with Gasteiger partial charge in [0.25, 0.3) is 5.91 Å². The van der Waals surface area contributed by atoms with Gasteiger partial charge < -0.3 is 10.1 Å². The first kappa shape index (κ1) is 23.8. The second-order valence-electron chi connectivity index (χ2n) is 6.72. The number of amides is 1. The van der Waals surface area contributed by atoms with Crippen LogP contribution in [0.5, 0.6) is 5.75 Å². The number of benzene rings is 3. The summed E-state index contributed by atoms with van der Waals surface area (Å²) in [5.74, 6) is 0.345. The van der Waals surface area contributed by atoms with Gasteiger partial charge in [-0.25, -0.2) is 0 Å². The van der Waals surface area contributed by atoms with Crippen LogP contribution in [0.3, 0.4) is 0 Å². The predicted molar refractivity (Wildman–Crippen MR) is 144 cm³/mol. The molecule has 3 aromatic carbocycles. The number of nitrogens with zero attached hydrogens (tertiary/aromatic N) is 1. The van der Waals surface area contributed by atoms with Crippen LogP contribution in [-0.4, -0.2) is 5.91 Å². The molecule has 0 aliphatic rings. The molecule has 0 aliphatic carbocycles. The van der Waals surface area contributed by atoms with Crippen LogP contribution in [0.1, 0.15) is 16.7 Å². The van der Waals surface area contributed by atoms with Gasteiger partial charge in [-0.05, 0) is 111 Å². The molecule has 0 heterocycles. The molecule has 0 saturated heterocycles. The van der Waals surface area contributed by atoms with Crippen LogP contribution in [0.2, 0.25) is 0 Å². The van der Waals surface area contributed by atoms with Crippen molar-refractivity contribution in [2.75, 3.05) is 5.32 Å². The van der Waals surface area contributed by atoms with E-state index < -0.39 is 5.91 Å². The van der Waals surface area contributed by atoms with Gasteiger partial charge in [0, 0.05) is 10.2 Å². The highest BCUT2D eigenvalue weighted by Crippen LogP contribution is 2.30. The number of halogens is 3. The fraction of sp³-hybridized carbons (Fsp3) is 0.0833. The van der Waals surface area contributed by atoms with Crippen molar-refractivity contribution in [2.45, 2.75) is 13.5 Å². The Bertz CT molecular complexity index is 1160. The monoisotopic (exact) mass is 698 g/mol. The standard InChI is InChI=1S/C24H17BrI2N2O2/c1-15-3-2-4-20(9-15)29-24(30)18(13-28)10-17-11-21(26)23(22(27)12-17)31-14-16-5-7-19(25)8-6-16/h2-12H,14H2,1H3,(H,29,30)/b18-10-. The molecule has 0 saturated carbocycles. The lowest BCUT2D eigenvalue weighted by Gasteiger charge is -2.12. The molecular formula is C24H17BrI2N2O2. The summed E-state index contributed by atoms with van der Waals surface area (Å²) < 4.78 is 8.86. The minimum atomic E-state index is -0.436. The number of anilines is 1. The molecule has 7 heteroatoms. The smallest absolute Gasteiger partial charge is 0.266 e. The number of rotatable bonds is 6. The zero-order chi connectivity index (χ0) is 22.4. The van der Waals surface area contributed by atoms with Crippen molar-refractivity contribution in [1.29, 1.82) is 5.26 Å². The average molecular weight is 699 g/mol. The third-order valence-corrected chi connectivity index (χ3v) is 6.40.